The maximum absolute atomic E-state index is 12.0. The van der Waals surface area contributed by atoms with Gasteiger partial charge in [0.2, 0.25) is 5.91 Å². The summed E-state index contributed by atoms with van der Waals surface area (Å²) in [5, 5.41) is 8.68. The number of aromatic amines is 1. The van der Waals surface area contributed by atoms with Crippen LogP contribution < -0.4 is 5.73 Å². The summed E-state index contributed by atoms with van der Waals surface area (Å²) in [5.41, 5.74) is 5.26. The minimum atomic E-state index is -1.27. The molecular weight excluding hydrogens is 254 g/mol. The highest BCUT2D eigenvalue weighted by molar-refractivity contribution is 6.00. The molecule has 0 spiro atoms. The summed E-state index contributed by atoms with van der Waals surface area (Å²) < 4.78 is 0. The number of nitrogens with zero attached hydrogens (tertiary/aromatic N) is 1. The van der Waals surface area contributed by atoms with Crippen molar-refractivity contribution >= 4 is 23.6 Å². The van der Waals surface area contributed by atoms with Crippen molar-refractivity contribution in [3.63, 3.8) is 0 Å². The van der Waals surface area contributed by atoms with Crippen molar-refractivity contribution in [1.29, 1.82) is 0 Å². The molecular formula is C11H13N3O5. The Morgan fingerprint density at radius 1 is 1.32 bits per heavy atom. The molecule has 102 valence electrons. The second-order valence-corrected chi connectivity index (χ2v) is 3.88. The predicted octanol–water partition coefficient (Wildman–Crippen LogP) is -0.771. The number of hydrogen-bond donors (Lipinski definition) is 3. The minimum Gasteiger partial charge on any atom is -0.480 e. The molecule has 0 fully saturated rings. The van der Waals surface area contributed by atoms with Gasteiger partial charge in [0.15, 0.2) is 5.78 Å². The normalized spacial score (nSPS) is 9.95. The van der Waals surface area contributed by atoms with Crippen LogP contribution in [0.15, 0.2) is 12.3 Å². The zero-order chi connectivity index (χ0) is 14.6. The van der Waals surface area contributed by atoms with Gasteiger partial charge in [-0.3, -0.25) is 19.2 Å². The van der Waals surface area contributed by atoms with Crippen molar-refractivity contribution < 1.29 is 24.3 Å². The van der Waals surface area contributed by atoms with E-state index in [1.54, 1.807) is 0 Å². The molecule has 8 nitrogen and oxygen atoms in total. The van der Waals surface area contributed by atoms with Crippen molar-refractivity contribution in [2.45, 2.75) is 6.92 Å². The molecule has 1 heterocycles. The maximum Gasteiger partial charge on any atom is 0.323 e. The maximum atomic E-state index is 12.0. The van der Waals surface area contributed by atoms with Gasteiger partial charge < -0.3 is 20.7 Å². The third kappa shape index (κ3) is 3.95. The van der Waals surface area contributed by atoms with E-state index in [1.165, 1.54) is 19.2 Å². The number of H-pyrrole nitrogens is 1. The third-order valence-electron chi connectivity index (χ3n) is 2.28. The van der Waals surface area contributed by atoms with Crippen LogP contribution in [0, 0.1) is 0 Å². The van der Waals surface area contributed by atoms with Crippen molar-refractivity contribution in [3.05, 3.63) is 23.5 Å². The lowest BCUT2D eigenvalue weighted by molar-refractivity contribution is -0.138. The van der Waals surface area contributed by atoms with Crippen LogP contribution in [0.25, 0.3) is 0 Å². The summed E-state index contributed by atoms with van der Waals surface area (Å²) in [6.07, 6.45) is 1.33. The highest BCUT2D eigenvalue weighted by Gasteiger charge is 2.22. The van der Waals surface area contributed by atoms with E-state index < -0.39 is 30.9 Å². The molecule has 1 rings (SSSR count). The number of carbonyl (C=O) groups excluding carboxylic acids is 3. The number of carboxylic acids is 1. The Morgan fingerprint density at radius 3 is 2.37 bits per heavy atom. The molecule has 0 aliphatic rings. The summed E-state index contributed by atoms with van der Waals surface area (Å²) in [5.74, 6) is -3.05. The Morgan fingerprint density at radius 2 is 1.95 bits per heavy atom. The van der Waals surface area contributed by atoms with Gasteiger partial charge in [0, 0.05) is 11.8 Å². The van der Waals surface area contributed by atoms with Crippen LogP contribution in [-0.2, 0) is 9.59 Å². The summed E-state index contributed by atoms with van der Waals surface area (Å²) in [6.45, 7) is 0.158. The van der Waals surface area contributed by atoms with E-state index in [2.05, 4.69) is 4.98 Å². The number of rotatable bonds is 6. The molecule has 0 aliphatic carbocycles. The first kappa shape index (κ1) is 14.4. The van der Waals surface area contributed by atoms with Crippen molar-refractivity contribution in [1.82, 2.24) is 9.88 Å². The number of carboxylic acid groups (broad SMARTS) is 1. The third-order valence-corrected chi connectivity index (χ3v) is 2.28. The fourth-order valence-corrected chi connectivity index (χ4v) is 1.44. The Balaban J connectivity index is 2.93. The summed E-state index contributed by atoms with van der Waals surface area (Å²) >= 11 is 0. The Hall–Kier alpha value is -2.64. The first-order chi connectivity index (χ1) is 8.81. The molecule has 0 saturated carbocycles. The molecule has 0 atom stereocenters. The number of carbonyl (C=O) groups is 4. The first-order valence-corrected chi connectivity index (χ1v) is 5.30. The van der Waals surface area contributed by atoms with Gasteiger partial charge in [-0.25, -0.2) is 0 Å². The van der Waals surface area contributed by atoms with Crippen molar-refractivity contribution in [3.8, 4) is 0 Å². The first-order valence-electron chi connectivity index (χ1n) is 5.30. The van der Waals surface area contributed by atoms with Gasteiger partial charge >= 0.3 is 5.97 Å². The number of hydrogen-bond acceptors (Lipinski definition) is 4. The molecule has 0 aliphatic heterocycles. The Labute approximate surface area is 108 Å². The van der Waals surface area contributed by atoms with Crippen molar-refractivity contribution in [2.75, 3.05) is 13.1 Å². The van der Waals surface area contributed by atoms with Crippen LogP contribution in [0.1, 0.15) is 27.8 Å². The van der Waals surface area contributed by atoms with Gasteiger partial charge in [0.1, 0.15) is 18.8 Å². The van der Waals surface area contributed by atoms with Crippen LogP contribution in [0.3, 0.4) is 0 Å². The zero-order valence-electron chi connectivity index (χ0n) is 10.2. The van der Waals surface area contributed by atoms with Crippen molar-refractivity contribution in [2.24, 2.45) is 5.73 Å². The van der Waals surface area contributed by atoms with E-state index >= 15 is 0 Å². The quantitative estimate of drug-likeness (QED) is 0.582. The molecule has 4 N–H and O–H groups in total. The average molecular weight is 267 g/mol. The molecule has 0 radical (unpaired) electrons. The number of primary amides is 1. The van der Waals surface area contributed by atoms with Gasteiger partial charge in [0.05, 0.1) is 0 Å². The van der Waals surface area contributed by atoms with Crippen LogP contribution in [0.2, 0.25) is 0 Å². The van der Waals surface area contributed by atoms with Crippen LogP contribution >= 0.6 is 0 Å². The van der Waals surface area contributed by atoms with Crippen LogP contribution in [0.4, 0.5) is 0 Å². The smallest absolute Gasteiger partial charge is 0.323 e. The molecule has 1 aromatic heterocycles. The fourth-order valence-electron chi connectivity index (χ4n) is 1.44. The van der Waals surface area contributed by atoms with E-state index in [1.807, 2.05) is 0 Å². The SMILES string of the molecule is CC(=O)c1c[nH]c(C(=O)N(CC(N)=O)CC(=O)O)c1. The van der Waals surface area contributed by atoms with Gasteiger partial charge in [0.25, 0.3) is 5.91 Å². The molecule has 0 unspecified atom stereocenters. The average Bonchev–Trinajstić information content (AvgIpc) is 2.75. The second kappa shape index (κ2) is 5.80. The van der Waals surface area contributed by atoms with E-state index in [0.29, 0.717) is 0 Å². The van der Waals surface area contributed by atoms with Gasteiger partial charge in [-0.15, -0.1) is 0 Å². The van der Waals surface area contributed by atoms with Gasteiger partial charge in [-0.05, 0) is 13.0 Å². The number of nitrogens with one attached hydrogen (secondary N) is 1. The number of Topliss-reactive ketones (excluding diaryl/α,β-unsaturated/α-hetero) is 1. The summed E-state index contributed by atoms with van der Waals surface area (Å²) in [4.78, 5) is 47.8. The molecule has 8 heteroatoms. The largest absolute Gasteiger partial charge is 0.480 e. The molecule has 19 heavy (non-hydrogen) atoms. The summed E-state index contributed by atoms with van der Waals surface area (Å²) in [6, 6.07) is 1.29. The standard InChI is InChI=1S/C11H13N3O5/c1-6(15)7-2-8(13-3-7)11(19)14(4-9(12)16)5-10(17)18/h2-3,13H,4-5H2,1H3,(H2,12,16)(H,17,18). The number of amides is 2. The van der Waals surface area contributed by atoms with Crippen LogP contribution in [0.5, 0.6) is 0 Å². The lowest BCUT2D eigenvalue weighted by atomic mass is 10.2. The molecule has 0 aromatic carbocycles. The lowest BCUT2D eigenvalue weighted by Gasteiger charge is -2.17. The Kier molecular flexibility index (Phi) is 4.41. The van der Waals surface area contributed by atoms with Crippen LogP contribution in [-0.4, -0.2) is 51.6 Å². The molecule has 1 aromatic rings. The minimum absolute atomic E-state index is 0.0210. The highest BCUT2D eigenvalue weighted by Crippen LogP contribution is 2.07. The van der Waals surface area contributed by atoms with E-state index in [-0.39, 0.29) is 17.0 Å². The lowest BCUT2D eigenvalue weighted by Crippen LogP contribution is -2.41. The number of aliphatic carboxylic acids is 1. The van der Waals surface area contributed by atoms with Gasteiger partial charge in [-0.1, -0.05) is 0 Å². The van der Waals surface area contributed by atoms with E-state index in [4.69, 9.17) is 10.8 Å². The molecule has 2 amide bonds. The zero-order valence-corrected chi connectivity index (χ0v) is 10.2. The predicted molar refractivity (Wildman–Crippen MR) is 63.5 cm³/mol. The second-order valence-electron chi connectivity index (χ2n) is 3.88. The van der Waals surface area contributed by atoms with E-state index in [0.717, 1.165) is 4.90 Å². The molecule has 0 bridgehead atoms. The Bertz CT molecular complexity index is 518. The summed E-state index contributed by atoms with van der Waals surface area (Å²) in [7, 11) is 0. The number of aromatic nitrogens is 1. The highest BCUT2D eigenvalue weighted by atomic mass is 16.4. The molecule has 0 saturated heterocycles. The number of nitrogens with two attached hydrogens (primary N) is 1. The monoisotopic (exact) mass is 267 g/mol. The topological polar surface area (TPSA) is 134 Å². The number of ketones is 1. The van der Waals surface area contributed by atoms with Gasteiger partial charge in [-0.2, -0.15) is 0 Å². The van der Waals surface area contributed by atoms with E-state index in [9.17, 15) is 19.2 Å². The fraction of sp³-hybridized carbons (Fsp3) is 0.273.